The van der Waals surface area contributed by atoms with Gasteiger partial charge in [0.15, 0.2) is 23.0 Å². The van der Waals surface area contributed by atoms with Crippen molar-refractivity contribution in [3.8, 4) is 40.2 Å². The van der Waals surface area contributed by atoms with Crippen LogP contribution in [0.1, 0.15) is 30.4 Å². The first-order valence-electron chi connectivity index (χ1n) is 17.5. The van der Waals surface area contributed by atoms with E-state index in [0.717, 1.165) is 22.6 Å². The number of rotatable bonds is 22. The molecule has 0 fully saturated rings. The standard InChI is InChI=1S/C12H19NO6S.C12H19NO5S.C8H10O2.C4H11NO3S/c1-18-11-7-9(6-10(14)12(11)19-2)8-13-4-3-5-20(15,16)17;1-17-11-6-3-5-10(12(11)18-2)9-13-7-4-8-19(14,15)16;1-9-7-4-3-5-8(6-7)10-2;1-5-3-2-4-9(6,7)8/h6-7,13-14H,3-5,8H2,1-2H3,(H,15,16,17);3,5-6,13H,4,7-9H2,1-2H3,(H,14,15,16);3-6H,1-2H3;5H,2-4H2,1H3,(H,6,7,8). The summed E-state index contributed by atoms with van der Waals surface area (Å²) in [5.74, 6) is 2.93. The molecule has 0 aliphatic carbocycles. The van der Waals surface area contributed by atoms with Gasteiger partial charge in [-0.05, 0) is 81.8 Å². The van der Waals surface area contributed by atoms with Crippen LogP contribution in [0.4, 0.5) is 0 Å². The van der Waals surface area contributed by atoms with Crippen molar-refractivity contribution in [3.63, 3.8) is 0 Å². The zero-order valence-corrected chi connectivity index (χ0v) is 36.3. The van der Waals surface area contributed by atoms with E-state index >= 15 is 0 Å². The molecular weight excluding hydrogens is 827 g/mol. The minimum atomic E-state index is -3.91. The van der Waals surface area contributed by atoms with Gasteiger partial charge in [0, 0.05) is 24.7 Å². The van der Waals surface area contributed by atoms with Crippen LogP contribution in [0, 0.1) is 0 Å². The van der Waals surface area contributed by atoms with E-state index in [4.69, 9.17) is 42.1 Å². The van der Waals surface area contributed by atoms with Crippen LogP contribution in [0.2, 0.25) is 0 Å². The van der Waals surface area contributed by atoms with Crippen molar-refractivity contribution in [3.05, 3.63) is 65.7 Å². The molecular formula is C36H59N3O16S3. The Balaban J connectivity index is 0.000000790. The lowest BCUT2D eigenvalue weighted by Gasteiger charge is -2.12. The highest BCUT2D eigenvalue weighted by Gasteiger charge is 2.12. The van der Waals surface area contributed by atoms with E-state index < -0.39 is 30.4 Å². The van der Waals surface area contributed by atoms with Crippen LogP contribution in [0.15, 0.2) is 54.6 Å². The summed E-state index contributed by atoms with van der Waals surface area (Å²) < 4.78 is 118. The molecule has 22 heteroatoms. The fourth-order valence-corrected chi connectivity index (χ4v) is 6.10. The number of phenolic OH excluding ortho intramolecular Hbond substituents is 1. The Labute approximate surface area is 342 Å². The molecule has 332 valence electrons. The Morgan fingerprint density at radius 2 is 1.00 bits per heavy atom. The molecule has 0 bridgehead atoms. The van der Waals surface area contributed by atoms with E-state index in [9.17, 15) is 30.4 Å². The second-order valence-corrected chi connectivity index (χ2v) is 16.5. The fraction of sp³-hybridized carbons (Fsp3) is 0.500. The van der Waals surface area contributed by atoms with E-state index in [1.807, 2.05) is 36.4 Å². The van der Waals surface area contributed by atoms with E-state index in [1.54, 1.807) is 47.6 Å². The van der Waals surface area contributed by atoms with Crippen LogP contribution >= 0.6 is 0 Å². The van der Waals surface area contributed by atoms with Gasteiger partial charge in [0.25, 0.3) is 30.4 Å². The third kappa shape index (κ3) is 26.0. The third-order valence-corrected chi connectivity index (χ3v) is 9.68. The molecule has 0 atom stereocenters. The maximum atomic E-state index is 10.5. The highest BCUT2D eigenvalue weighted by atomic mass is 32.2. The normalized spacial score (nSPS) is 11.0. The van der Waals surface area contributed by atoms with E-state index in [-0.39, 0.29) is 28.8 Å². The molecule has 0 radical (unpaired) electrons. The monoisotopic (exact) mass is 885 g/mol. The summed E-state index contributed by atoms with van der Waals surface area (Å²) in [6.07, 6.45) is 1.11. The Morgan fingerprint density at radius 3 is 1.43 bits per heavy atom. The number of phenols is 1. The van der Waals surface area contributed by atoms with Crippen LogP contribution in [0.25, 0.3) is 0 Å². The minimum Gasteiger partial charge on any atom is -0.504 e. The number of aromatic hydroxyl groups is 1. The number of hydrogen-bond donors (Lipinski definition) is 7. The third-order valence-electron chi connectivity index (χ3n) is 7.27. The maximum Gasteiger partial charge on any atom is 0.264 e. The summed E-state index contributed by atoms with van der Waals surface area (Å²) in [6, 6.07) is 16.3. The zero-order valence-electron chi connectivity index (χ0n) is 33.9. The fourth-order valence-electron chi connectivity index (χ4n) is 4.57. The zero-order chi connectivity index (χ0) is 44.2. The van der Waals surface area contributed by atoms with E-state index in [0.29, 0.717) is 69.2 Å². The molecule has 3 aromatic rings. The molecule has 0 heterocycles. The largest absolute Gasteiger partial charge is 0.504 e. The Hall–Kier alpha value is -4.13. The first-order chi connectivity index (χ1) is 27.3. The Bertz CT molecular complexity index is 1910. The summed E-state index contributed by atoms with van der Waals surface area (Å²) in [5.41, 5.74) is 1.70. The Kier molecular flexibility index (Phi) is 27.1. The average molecular weight is 886 g/mol. The molecule has 0 spiro atoms. The van der Waals surface area contributed by atoms with Crippen LogP contribution in [-0.4, -0.2) is 131 Å². The molecule has 0 aromatic heterocycles. The predicted octanol–water partition coefficient (Wildman–Crippen LogP) is 3.04. The lowest BCUT2D eigenvalue weighted by Crippen LogP contribution is -2.18. The van der Waals surface area contributed by atoms with Gasteiger partial charge in [0.2, 0.25) is 5.75 Å². The number of nitrogens with one attached hydrogen (secondary N) is 3. The van der Waals surface area contributed by atoms with Crippen molar-refractivity contribution in [2.75, 3.05) is 86.6 Å². The Morgan fingerprint density at radius 1 is 0.534 bits per heavy atom. The number of benzene rings is 3. The van der Waals surface area contributed by atoms with Gasteiger partial charge in [-0.1, -0.05) is 18.2 Å². The molecule has 7 N–H and O–H groups in total. The van der Waals surface area contributed by atoms with E-state index in [2.05, 4.69) is 16.0 Å². The van der Waals surface area contributed by atoms with E-state index in [1.165, 1.54) is 20.3 Å². The average Bonchev–Trinajstić information content (AvgIpc) is 3.16. The van der Waals surface area contributed by atoms with Crippen molar-refractivity contribution in [2.45, 2.75) is 32.4 Å². The van der Waals surface area contributed by atoms with Gasteiger partial charge in [-0.3, -0.25) is 13.7 Å². The van der Waals surface area contributed by atoms with Gasteiger partial charge in [-0.2, -0.15) is 25.3 Å². The molecule has 0 aliphatic heterocycles. The quantitative estimate of drug-likeness (QED) is 0.0564. The van der Waals surface area contributed by atoms with Gasteiger partial charge >= 0.3 is 0 Å². The molecule has 19 nitrogen and oxygen atoms in total. The molecule has 0 amide bonds. The highest BCUT2D eigenvalue weighted by molar-refractivity contribution is 7.86. The lowest BCUT2D eigenvalue weighted by molar-refractivity contribution is 0.332. The van der Waals surface area contributed by atoms with Gasteiger partial charge < -0.3 is 49.5 Å². The van der Waals surface area contributed by atoms with Crippen LogP contribution in [0.5, 0.6) is 40.2 Å². The van der Waals surface area contributed by atoms with Crippen molar-refractivity contribution < 1.29 is 72.4 Å². The summed E-state index contributed by atoms with van der Waals surface area (Å²) in [7, 11) is -0.484. The second kappa shape index (κ2) is 29.1. The summed E-state index contributed by atoms with van der Waals surface area (Å²) in [5, 5.41) is 18.6. The summed E-state index contributed by atoms with van der Waals surface area (Å²) >= 11 is 0. The summed E-state index contributed by atoms with van der Waals surface area (Å²) in [4.78, 5) is 0. The summed E-state index contributed by atoms with van der Waals surface area (Å²) in [6.45, 7) is 2.49. The van der Waals surface area contributed by atoms with Crippen LogP contribution in [0.3, 0.4) is 0 Å². The molecule has 58 heavy (non-hydrogen) atoms. The first-order valence-corrected chi connectivity index (χ1v) is 22.3. The molecule has 0 unspecified atom stereocenters. The van der Waals surface area contributed by atoms with Crippen molar-refractivity contribution in [1.29, 1.82) is 0 Å². The molecule has 3 aromatic carbocycles. The minimum absolute atomic E-state index is 0.0263. The van der Waals surface area contributed by atoms with Gasteiger partial charge in [0.1, 0.15) is 11.5 Å². The SMILES string of the molecule is CNCCCS(=O)(=O)O.COc1cc(CNCCCS(=O)(=O)O)cc(O)c1OC.COc1cccc(CNCCCS(=O)(=O)O)c1OC.COc1cccc(OC)c1. The number of hydrogen-bond acceptors (Lipinski definition) is 16. The molecule has 0 saturated heterocycles. The second-order valence-electron chi connectivity index (χ2n) is 11.8. The highest BCUT2D eigenvalue weighted by Crippen LogP contribution is 2.37. The van der Waals surface area contributed by atoms with Crippen molar-refractivity contribution in [2.24, 2.45) is 0 Å². The number of ether oxygens (including phenoxy) is 6. The van der Waals surface area contributed by atoms with Gasteiger partial charge in [-0.15, -0.1) is 0 Å². The van der Waals surface area contributed by atoms with Crippen molar-refractivity contribution in [1.82, 2.24) is 16.0 Å². The van der Waals surface area contributed by atoms with Crippen molar-refractivity contribution >= 4 is 30.4 Å². The maximum absolute atomic E-state index is 10.5. The first kappa shape index (κ1) is 53.9. The number of para-hydroxylation sites is 1. The smallest absolute Gasteiger partial charge is 0.264 e. The molecule has 3 rings (SSSR count). The molecule has 0 saturated carbocycles. The predicted molar refractivity (Wildman–Crippen MR) is 221 cm³/mol. The topological polar surface area (TPSA) is 275 Å². The molecule has 0 aliphatic rings. The van der Waals surface area contributed by atoms with Crippen LogP contribution in [-0.2, 0) is 43.4 Å². The van der Waals surface area contributed by atoms with Gasteiger partial charge in [0.05, 0.1) is 59.9 Å². The van der Waals surface area contributed by atoms with Crippen LogP contribution < -0.4 is 44.4 Å². The lowest BCUT2D eigenvalue weighted by atomic mass is 10.2. The van der Waals surface area contributed by atoms with Gasteiger partial charge in [-0.25, -0.2) is 0 Å². The number of methoxy groups -OCH3 is 6.